The molecule has 138 valence electrons. The van der Waals surface area contributed by atoms with Crippen LogP contribution in [0, 0.1) is 11.8 Å². The van der Waals surface area contributed by atoms with Crippen molar-refractivity contribution >= 4 is 0 Å². The second kappa shape index (κ2) is 11.5. The molecular weight excluding hydrogens is 296 g/mol. The molecule has 0 N–H and O–H groups in total. The van der Waals surface area contributed by atoms with E-state index in [4.69, 9.17) is 9.47 Å². The van der Waals surface area contributed by atoms with Crippen molar-refractivity contribution in [2.75, 3.05) is 6.61 Å². The summed E-state index contributed by atoms with van der Waals surface area (Å²) in [4.78, 5) is 0. The molecule has 2 nitrogen and oxygen atoms in total. The lowest BCUT2D eigenvalue weighted by atomic mass is 9.92. The highest BCUT2D eigenvalue weighted by atomic mass is 16.7. The summed E-state index contributed by atoms with van der Waals surface area (Å²) in [6, 6.07) is 8.50. The van der Waals surface area contributed by atoms with E-state index in [1.807, 2.05) is 6.92 Å². The second-order valence-corrected chi connectivity index (χ2v) is 7.51. The Kier molecular flexibility index (Phi) is 10.1. The maximum absolute atomic E-state index is 5.88. The molecule has 0 saturated carbocycles. The Labute approximate surface area is 149 Å². The lowest BCUT2D eigenvalue weighted by Gasteiger charge is -2.19. The molecule has 2 heteroatoms. The third-order valence-electron chi connectivity index (χ3n) is 4.73. The molecular formula is C22H38O2. The highest BCUT2D eigenvalue weighted by molar-refractivity contribution is 5.29. The molecule has 0 amide bonds. The predicted molar refractivity (Wildman–Crippen MR) is 104 cm³/mol. The number of hydrogen-bond acceptors (Lipinski definition) is 2. The fourth-order valence-electron chi connectivity index (χ4n) is 3.31. The minimum absolute atomic E-state index is 0.192. The first-order valence-corrected chi connectivity index (χ1v) is 9.84. The molecule has 0 spiro atoms. The first-order valence-electron chi connectivity index (χ1n) is 9.84. The van der Waals surface area contributed by atoms with E-state index in [0.717, 1.165) is 30.6 Å². The van der Waals surface area contributed by atoms with Crippen LogP contribution in [0.2, 0.25) is 0 Å². The van der Waals surface area contributed by atoms with Crippen molar-refractivity contribution in [1.82, 2.24) is 0 Å². The van der Waals surface area contributed by atoms with Gasteiger partial charge < -0.3 is 9.47 Å². The van der Waals surface area contributed by atoms with Crippen LogP contribution < -0.4 is 4.74 Å². The van der Waals surface area contributed by atoms with Gasteiger partial charge in [0.2, 0.25) is 0 Å². The molecule has 0 aliphatic rings. The standard InChI is InChI=1S/C22H38O2/c1-7-9-20(8-2)14-15-23-19(6)24-22-12-10-21(11-13-22)18(5)16-17(3)4/h10-13,17-20H,7-9,14-16H2,1-6H3. The molecule has 1 aromatic carbocycles. The molecule has 0 heterocycles. The zero-order chi connectivity index (χ0) is 17.9. The Morgan fingerprint density at radius 3 is 2.12 bits per heavy atom. The minimum Gasteiger partial charge on any atom is -0.465 e. The zero-order valence-corrected chi connectivity index (χ0v) is 16.7. The molecule has 0 fully saturated rings. The predicted octanol–water partition coefficient (Wildman–Crippen LogP) is 6.79. The maximum Gasteiger partial charge on any atom is 0.196 e. The summed E-state index contributed by atoms with van der Waals surface area (Å²) in [7, 11) is 0. The van der Waals surface area contributed by atoms with Crippen molar-refractivity contribution in [2.24, 2.45) is 11.8 Å². The van der Waals surface area contributed by atoms with Crippen LogP contribution in [0.4, 0.5) is 0 Å². The average Bonchev–Trinajstić information content (AvgIpc) is 2.54. The summed E-state index contributed by atoms with van der Waals surface area (Å²) in [5.41, 5.74) is 1.38. The van der Waals surface area contributed by atoms with Gasteiger partial charge in [-0.25, -0.2) is 0 Å². The van der Waals surface area contributed by atoms with Crippen LogP contribution in [0.1, 0.15) is 85.1 Å². The van der Waals surface area contributed by atoms with Gasteiger partial charge >= 0.3 is 0 Å². The molecule has 1 rings (SSSR count). The lowest BCUT2D eigenvalue weighted by Crippen LogP contribution is -2.18. The monoisotopic (exact) mass is 334 g/mol. The quantitative estimate of drug-likeness (QED) is 0.392. The van der Waals surface area contributed by atoms with E-state index in [0.29, 0.717) is 5.92 Å². The van der Waals surface area contributed by atoms with Crippen molar-refractivity contribution < 1.29 is 9.47 Å². The summed E-state index contributed by atoms with van der Waals surface area (Å²) in [6.45, 7) is 14.1. The van der Waals surface area contributed by atoms with E-state index in [1.54, 1.807) is 0 Å². The number of benzene rings is 1. The molecule has 3 atom stereocenters. The van der Waals surface area contributed by atoms with Crippen LogP contribution in [0.3, 0.4) is 0 Å². The normalized spacial score (nSPS) is 15.3. The molecule has 0 aromatic heterocycles. The zero-order valence-electron chi connectivity index (χ0n) is 16.7. The van der Waals surface area contributed by atoms with Gasteiger partial charge in [0, 0.05) is 0 Å². The smallest absolute Gasteiger partial charge is 0.196 e. The lowest BCUT2D eigenvalue weighted by molar-refractivity contribution is -0.0706. The Morgan fingerprint density at radius 1 is 0.917 bits per heavy atom. The van der Waals surface area contributed by atoms with E-state index in [9.17, 15) is 0 Å². The van der Waals surface area contributed by atoms with Crippen LogP contribution in [-0.4, -0.2) is 12.9 Å². The van der Waals surface area contributed by atoms with Crippen molar-refractivity contribution in [1.29, 1.82) is 0 Å². The van der Waals surface area contributed by atoms with Crippen molar-refractivity contribution in [2.45, 2.75) is 85.9 Å². The minimum atomic E-state index is -0.192. The van der Waals surface area contributed by atoms with Crippen LogP contribution in [0.15, 0.2) is 24.3 Å². The average molecular weight is 335 g/mol. The molecule has 1 aromatic rings. The van der Waals surface area contributed by atoms with Gasteiger partial charge in [0.25, 0.3) is 0 Å². The van der Waals surface area contributed by atoms with Gasteiger partial charge in [0.1, 0.15) is 5.75 Å². The molecule has 24 heavy (non-hydrogen) atoms. The van der Waals surface area contributed by atoms with Crippen molar-refractivity contribution in [3.63, 3.8) is 0 Å². The second-order valence-electron chi connectivity index (χ2n) is 7.51. The summed E-state index contributed by atoms with van der Waals surface area (Å²) in [6.07, 6.45) is 5.95. The Balaban J connectivity index is 2.37. The van der Waals surface area contributed by atoms with Gasteiger partial charge in [0.15, 0.2) is 6.29 Å². The van der Waals surface area contributed by atoms with Gasteiger partial charge in [-0.2, -0.15) is 0 Å². The van der Waals surface area contributed by atoms with Gasteiger partial charge in [0.05, 0.1) is 6.61 Å². The number of rotatable bonds is 12. The van der Waals surface area contributed by atoms with E-state index in [1.165, 1.54) is 31.2 Å². The molecule has 3 unspecified atom stereocenters. The largest absolute Gasteiger partial charge is 0.465 e. The van der Waals surface area contributed by atoms with Crippen LogP contribution in [0.25, 0.3) is 0 Å². The fourth-order valence-corrected chi connectivity index (χ4v) is 3.31. The molecule has 0 aliphatic heterocycles. The van der Waals surface area contributed by atoms with Crippen LogP contribution >= 0.6 is 0 Å². The topological polar surface area (TPSA) is 18.5 Å². The fraction of sp³-hybridized carbons (Fsp3) is 0.727. The first kappa shape index (κ1) is 21.0. The number of hydrogen-bond donors (Lipinski definition) is 0. The highest BCUT2D eigenvalue weighted by Crippen LogP contribution is 2.25. The molecule has 0 radical (unpaired) electrons. The van der Waals surface area contributed by atoms with E-state index >= 15 is 0 Å². The van der Waals surface area contributed by atoms with E-state index in [2.05, 4.69) is 58.9 Å². The maximum atomic E-state index is 5.88. The molecule has 0 bridgehead atoms. The van der Waals surface area contributed by atoms with Gasteiger partial charge in [-0.3, -0.25) is 0 Å². The molecule has 0 saturated heterocycles. The summed E-state index contributed by atoms with van der Waals surface area (Å²) in [5.74, 6) is 2.99. The third-order valence-corrected chi connectivity index (χ3v) is 4.73. The molecule has 0 aliphatic carbocycles. The van der Waals surface area contributed by atoms with Crippen LogP contribution in [0.5, 0.6) is 5.75 Å². The summed E-state index contributed by atoms with van der Waals surface area (Å²) >= 11 is 0. The summed E-state index contributed by atoms with van der Waals surface area (Å²) in [5, 5.41) is 0. The SMILES string of the molecule is CCCC(CC)CCOC(C)Oc1ccc(C(C)CC(C)C)cc1. The van der Waals surface area contributed by atoms with Crippen molar-refractivity contribution in [3.05, 3.63) is 29.8 Å². The van der Waals surface area contributed by atoms with Gasteiger partial charge in [-0.1, -0.05) is 66.0 Å². The van der Waals surface area contributed by atoms with Gasteiger partial charge in [-0.05, 0) is 55.2 Å². The van der Waals surface area contributed by atoms with E-state index in [-0.39, 0.29) is 6.29 Å². The third kappa shape index (κ3) is 8.19. The summed E-state index contributed by atoms with van der Waals surface area (Å²) < 4.78 is 11.7. The van der Waals surface area contributed by atoms with Gasteiger partial charge in [-0.15, -0.1) is 0 Å². The first-order chi connectivity index (χ1) is 11.5. The highest BCUT2D eigenvalue weighted by Gasteiger charge is 2.10. The Bertz CT molecular complexity index is 424. The Morgan fingerprint density at radius 2 is 1.58 bits per heavy atom. The van der Waals surface area contributed by atoms with Crippen LogP contribution in [-0.2, 0) is 4.74 Å². The number of ether oxygens (including phenoxy) is 2. The van der Waals surface area contributed by atoms with Crippen molar-refractivity contribution in [3.8, 4) is 5.75 Å². The van der Waals surface area contributed by atoms with E-state index < -0.39 is 0 Å². The Hall–Kier alpha value is -1.02.